The van der Waals surface area contributed by atoms with Gasteiger partial charge in [-0.05, 0) is 37.5 Å². The Kier molecular flexibility index (Phi) is 7.30. The van der Waals surface area contributed by atoms with Crippen LogP contribution in [0.15, 0.2) is 53.9 Å². The second-order valence-electron chi connectivity index (χ2n) is 8.17. The SMILES string of the molecule is COc1ccccc1COC(=O)C1=C(C)N(C[C@@H]2CCCO2)C(=O)C[C@@H]1c1cccnc1Cl. The average Bonchev–Trinajstić information content (AvgIpc) is 3.34. The average molecular weight is 471 g/mol. The molecule has 3 heterocycles. The van der Waals surface area contributed by atoms with Crippen LogP contribution in [0.4, 0.5) is 0 Å². The van der Waals surface area contributed by atoms with Crippen molar-refractivity contribution in [2.45, 2.75) is 44.8 Å². The smallest absolute Gasteiger partial charge is 0.336 e. The highest BCUT2D eigenvalue weighted by Gasteiger charge is 2.39. The van der Waals surface area contributed by atoms with E-state index in [-0.39, 0.29) is 30.2 Å². The van der Waals surface area contributed by atoms with Crippen molar-refractivity contribution in [2.75, 3.05) is 20.3 Å². The lowest BCUT2D eigenvalue weighted by Gasteiger charge is -2.35. The minimum atomic E-state index is -0.537. The summed E-state index contributed by atoms with van der Waals surface area (Å²) in [6, 6.07) is 10.9. The summed E-state index contributed by atoms with van der Waals surface area (Å²) in [6.45, 7) is 2.94. The highest BCUT2D eigenvalue weighted by atomic mass is 35.5. The topological polar surface area (TPSA) is 78.0 Å². The van der Waals surface area contributed by atoms with Crippen LogP contribution in [0.5, 0.6) is 5.75 Å². The number of allylic oxidation sites excluding steroid dienone is 1. The van der Waals surface area contributed by atoms with Crippen LogP contribution < -0.4 is 4.74 Å². The van der Waals surface area contributed by atoms with Gasteiger partial charge in [-0.15, -0.1) is 0 Å². The van der Waals surface area contributed by atoms with Crippen LogP contribution in [0.1, 0.15) is 43.2 Å². The normalized spacial score (nSPS) is 20.8. The van der Waals surface area contributed by atoms with Gasteiger partial charge in [0.2, 0.25) is 5.91 Å². The molecule has 1 aromatic carbocycles. The standard InChI is InChI=1S/C25H27ClN2O5/c1-16-23(25(30)33-15-17-7-3-4-10-21(17)31-2)20(19-9-5-11-27-24(19)26)13-22(29)28(16)14-18-8-6-12-32-18/h3-5,7,9-11,18,20H,6,8,12-15H2,1-2H3/t18-,20+/m0/s1. The fourth-order valence-electron chi connectivity index (χ4n) is 4.46. The van der Waals surface area contributed by atoms with Crippen molar-refractivity contribution in [1.82, 2.24) is 9.88 Å². The Morgan fingerprint density at radius 1 is 1.27 bits per heavy atom. The van der Waals surface area contributed by atoms with Gasteiger partial charge in [-0.2, -0.15) is 0 Å². The van der Waals surface area contributed by atoms with Gasteiger partial charge in [0.05, 0.1) is 25.3 Å². The van der Waals surface area contributed by atoms with Crippen LogP contribution in [0.3, 0.4) is 0 Å². The summed E-state index contributed by atoms with van der Waals surface area (Å²) in [6.07, 6.45) is 3.51. The maximum absolute atomic E-state index is 13.4. The van der Waals surface area contributed by atoms with Crippen LogP contribution in [0, 0.1) is 0 Å². The highest BCUT2D eigenvalue weighted by molar-refractivity contribution is 6.30. The van der Waals surface area contributed by atoms with E-state index in [1.165, 1.54) is 0 Å². The van der Waals surface area contributed by atoms with Crippen molar-refractivity contribution in [3.8, 4) is 5.75 Å². The van der Waals surface area contributed by atoms with Gasteiger partial charge in [-0.3, -0.25) is 4.79 Å². The number of ether oxygens (including phenoxy) is 3. The number of aromatic nitrogens is 1. The molecule has 0 spiro atoms. The number of halogens is 1. The Balaban J connectivity index is 1.66. The molecule has 8 heteroatoms. The van der Waals surface area contributed by atoms with Crippen molar-refractivity contribution < 1.29 is 23.8 Å². The summed E-state index contributed by atoms with van der Waals surface area (Å²) in [5.74, 6) is -0.464. The number of para-hydroxylation sites is 1. The Morgan fingerprint density at radius 2 is 2.09 bits per heavy atom. The second-order valence-corrected chi connectivity index (χ2v) is 8.52. The van der Waals surface area contributed by atoms with Gasteiger partial charge < -0.3 is 19.1 Å². The Morgan fingerprint density at radius 3 is 2.82 bits per heavy atom. The van der Waals surface area contributed by atoms with Gasteiger partial charge in [0.25, 0.3) is 0 Å². The molecule has 2 aliphatic rings. The summed E-state index contributed by atoms with van der Waals surface area (Å²) in [4.78, 5) is 32.3. The van der Waals surface area contributed by atoms with E-state index in [1.54, 1.807) is 37.3 Å². The van der Waals surface area contributed by atoms with Crippen LogP contribution in [-0.2, 0) is 25.7 Å². The monoisotopic (exact) mass is 470 g/mol. The number of carbonyl (C=O) groups is 2. The van der Waals surface area contributed by atoms with Crippen molar-refractivity contribution in [1.29, 1.82) is 0 Å². The molecule has 2 aromatic rings. The number of amides is 1. The lowest BCUT2D eigenvalue weighted by Crippen LogP contribution is -2.42. The molecule has 1 saturated heterocycles. The molecular formula is C25H27ClN2O5. The highest BCUT2D eigenvalue weighted by Crippen LogP contribution is 2.39. The van der Waals surface area contributed by atoms with E-state index in [2.05, 4.69) is 4.98 Å². The van der Waals surface area contributed by atoms with Gasteiger partial charge in [0.1, 0.15) is 17.5 Å². The molecule has 1 aromatic heterocycles. The van der Waals surface area contributed by atoms with Crippen molar-refractivity contribution in [3.05, 3.63) is 70.1 Å². The van der Waals surface area contributed by atoms with Gasteiger partial charge in [0, 0.05) is 36.4 Å². The van der Waals surface area contributed by atoms with E-state index in [1.807, 2.05) is 24.3 Å². The molecule has 0 unspecified atom stereocenters. The maximum Gasteiger partial charge on any atom is 0.336 e. The van der Waals surface area contributed by atoms with E-state index in [4.69, 9.17) is 25.8 Å². The maximum atomic E-state index is 13.4. The minimum Gasteiger partial charge on any atom is -0.496 e. The minimum absolute atomic E-state index is 0.0340. The third kappa shape index (κ3) is 5.04. The Labute approximate surface area is 198 Å². The summed E-state index contributed by atoms with van der Waals surface area (Å²) < 4.78 is 16.8. The number of hydrogen-bond donors (Lipinski definition) is 0. The predicted octanol–water partition coefficient (Wildman–Crippen LogP) is 4.26. The summed E-state index contributed by atoms with van der Waals surface area (Å²) in [7, 11) is 1.57. The molecule has 0 N–H and O–H groups in total. The fourth-order valence-corrected chi connectivity index (χ4v) is 4.71. The molecule has 0 bridgehead atoms. The molecule has 0 radical (unpaired) electrons. The molecule has 33 heavy (non-hydrogen) atoms. The van der Waals surface area contributed by atoms with E-state index < -0.39 is 11.9 Å². The van der Waals surface area contributed by atoms with Gasteiger partial charge in [0.15, 0.2) is 0 Å². The van der Waals surface area contributed by atoms with Crippen molar-refractivity contribution >= 4 is 23.5 Å². The number of hydrogen-bond acceptors (Lipinski definition) is 6. The molecule has 174 valence electrons. The number of benzene rings is 1. The number of esters is 1. The largest absolute Gasteiger partial charge is 0.496 e. The molecule has 1 fully saturated rings. The molecule has 0 saturated carbocycles. The van der Waals surface area contributed by atoms with E-state index in [0.29, 0.717) is 35.7 Å². The van der Waals surface area contributed by atoms with Gasteiger partial charge >= 0.3 is 5.97 Å². The van der Waals surface area contributed by atoms with E-state index in [0.717, 1.165) is 18.4 Å². The van der Waals surface area contributed by atoms with Crippen LogP contribution in [-0.4, -0.2) is 48.1 Å². The van der Waals surface area contributed by atoms with Crippen LogP contribution in [0.2, 0.25) is 5.15 Å². The lowest BCUT2D eigenvalue weighted by atomic mass is 9.84. The Hall–Kier alpha value is -2.90. The first kappa shape index (κ1) is 23.3. The van der Waals surface area contributed by atoms with Gasteiger partial charge in [-0.1, -0.05) is 35.9 Å². The molecular weight excluding hydrogens is 444 g/mol. The van der Waals surface area contributed by atoms with Crippen molar-refractivity contribution in [3.63, 3.8) is 0 Å². The number of carbonyl (C=O) groups excluding carboxylic acids is 2. The summed E-state index contributed by atoms with van der Waals surface area (Å²) in [5, 5.41) is 0.269. The zero-order valence-corrected chi connectivity index (χ0v) is 19.5. The number of pyridine rings is 1. The van der Waals surface area contributed by atoms with E-state index >= 15 is 0 Å². The molecule has 7 nitrogen and oxygen atoms in total. The summed E-state index contributed by atoms with van der Waals surface area (Å²) >= 11 is 6.36. The Bertz CT molecular complexity index is 1060. The number of methoxy groups -OCH3 is 1. The molecule has 2 atom stereocenters. The number of rotatable bonds is 7. The van der Waals surface area contributed by atoms with Crippen LogP contribution in [0.25, 0.3) is 0 Å². The van der Waals surface area contributed by atoms with E-state index in [9.17, 15) is 9.59 Å². The molecule has 2 aliphatic heterocycles. The van der Waals surface area contributed by atoms with Crippen molar-refractivity contribution in [2.24, 2.45) is 0 Å². The first-order valence-electron chi connectivity index (χ1n) is 11.0. The zero-order chi connectivity index (χ0) is 23.4. The lowest BCUT2D eigenvalue weighted by molar-refractivity contribution is -0.141. The fraction of sp³-hybridized carbons (Fsp3) is 0.400. The molecule has 1 amide bonds. The van der Waals surface area contributed by atoms with Gasteiger partial charge in [-0.25, -0.2) is 9.78 Å². The zero-order valence-electron chi connectivity index (χ0n) is 18.8. The first-order valence-corrected chi connectivity index (χ1v) is 11.4. The third-order valence-corrected chi connectivity index (χ3v) is 6.48. The third-order valence-electron chi connectivity index (χ3n) is 6.17. The van der Waals surface area contributed by atoms with Crippen LogP contribution >= 0.6 is 11.6 Å². The molecule has 0 aliphatic carbocycles. The molecule has 4 rings (SSSR count). The summed E-state index contributed by atoms with van der Waals surface area (Å²) in [5.41, 5.74) is 2.37. The first-order chi connectivity index (χ1) is 16.0. The quantitative estimate of drug-likeness (QED) is 0.444. The predicted molar refractivity (Wildman–Crippen MR) is 123 cm³/mol. The second kappa shape index (κ2) is 10.4. The number of nitrogens with zero attached hydrogens (tertiary/aromatic N) is 2.